The van der Waals surface area contributed by atoms with Gasteiger partial charge in [-0.1, -0.05) is 20.8 Å². The predicted octanol–water partition coefficient (Wildman–Crippen LogP) is 3.57. The number of Topliss-reactive ketones (excluding diaryl/α,β-unsaturated/α-hetero) is 1. The summed E-state index contributed by atoms with van der Waals surface area (Å²) in [5.74, 6) is 2.18. The van der Waals surface area contributed by atoms with Crippen molar-refractivity contribution in [1.82, 2.24) is 9.80 Å². The van der Waals surface area contributed by atoms with Crippen molar-refractivity contribution in [3.63, 3.8) is 0 Å². The highest BCUT2D eigenvalue weighted by Gasteiger charge is 2.27. The Bertz CT molecular complexity index is 505. The molecule has 174 valence electrons. The Morgan fingerprint density at radius 1 is 0.967 bits per heavy atom. The molecule has 1 amide bonds. The molecule has 0 atom stereocenters. The van der Waals surface area contributed by atoms with Crippen molar-refractivity contribution in [2.24, 2.45) is 17.8 Å². The molecular weight excluding hydrogens is 380 g/mol. The average Bonchev–Trinajstić information content (AvgIpc) is 2.74. The van der Waals surface area contributed by atoms with Crippen molar-refractivity contribution in [2.75, 3.05) is 39.3 Å². The SMILES string of the molecule is CC(C)OCC(=O)N1CCC(CC2CCN(CC(=O)C(C)C)CC2)CC1.CCC=O. The van der Waals surface area contributed by atoms with Gasteiger partial charge >= 0.3 is 0 Å². The second-order valence-electron chi connectivity index (χ2n) is 9.34. The number of ether oxygens (including phenoxy) is 1. The van der Waals surface area contributed by atoms with Gasteiger partial charge in [0.2, 0.25) is 5.91 Å². The molecule has 0 N–H and O–H groups in total. The van der Waals surface area contributed by atoms with Crippen LogP contribution in [0.15, 0.2) is 0 Å². The van der Waals surface area contributed by atoms with Gasteiger partial charge in [-0.15, -0.1) is 0 Å². The minimum absolute atomic E-state index is 0.109. The molecule has 2 rings (SSSR count). The Balaban J connectivity index is 0.00000103. The van der Waals surface area contributed by atoms with Crippen LogP contribution in [0.4, 0.5) is 0 Å². The van der Waals surface area contributed by atoms with E-state index in [2.05, 4.69) is 4.90 Å². The van der Waals surface area contributed by atoms with Crippen LogP contribution in [0.1, 0.15) is 73.1 Å². The fourth-order valence-electron chi connectivity index (χ4n) is 4.00. The molecule has 2 aliphatic heterocycles. The first-order chi connectivity index (χ1) is 14.3. The van der Waals surface area contributed by atoms with Gasteiger partial charge in [0.15, 0.2) is 0 Å². The Kier molecular flexibility index (Phi) is 13.1. The summed E-state index contributed by atoms with van der Waals surface area (Å²) in [4.78, 5) is 37.5. The highest BCUT2D eigenvalue weighted by molar-refractivity contribution is 5.82. The number of likely N-dealkylation sites (tertiary alicyclic amines) is 2. The molecular formula is C24H44N2O4. The lowest BCUT2D eigenvalue weighted by atomic mass is 9.82. The third-order valence-corrected chi connectivity index (χ3v) is 6.07. The van der Waals surface area contributed by atoms with Gasteiger partial charge in [-0.2, -0.15) is 0 Å². The Morgan fingerprint density at radius 3 is 1.90 bits per heavy atom. The van der Waals surface area contributed by atoms with Crippen LogP contribution in [0.3, 0.4) is 0 Å². The quantitative estimate of drug-likeness (QED) is 0.529. The number of rotatable bonds is 9. The third-order valence-electron chi connectivity index (χ3n) is 6.07. The third kappa shape index (κ3) is 10.7. The maximum atomic E-state index is 12.1. The van der Waals surface area contributed by atoms with Crippen molar-refractivity contribution in [2.45, 2.75) is 79.2 Å². The zero-order valence-electron chi connectivity index (χ0n) is 19.9. The normalized spacial score (nSPS) is 19.0. The van der Waals surface area contributed by atoms with Gasteiger partial charge in [0.25, 0.3) is 0 Å². The lowest BCUT2D eigenvalue weighted by Crippen LogP contribution is -2.42. The molecule has 0 aromatic heterocycles. The van der Waals surface area contributed by atoms with Crippen molar-refractivity contribution >= 4 is 18.0 Å². The number of ketones is 1. The lowest BCUT2D eigenvalue weighted by Gasteiger charge is -2.36. The number of nitrogens with zero attached hydrogens (tertiary/aromatic N) is 2. The Labute approximate surface area is 183 Å². The molecule has 0 radical (unpaired) electrons. The monoisotopic (exact) mass is 424 g/mol. The van der Waals surface area contributed by atoms with Crippen LogP contribution in [-0.2, 0) is 19.1 Å². The minimum Gasteiger partial charge on any atom is -0.369 e. The first kappa shape index (κ1) is 26.8. The summed E-state index contributed by atoms with van der Waals surface area (Å²) in [7, 11) is 0. The number of piperidine rings is 2. The summed E-state index contributed by atoms with van der Waals surface area (Å²) >= 11 is 0. The Hall–Kier alpha value is -1.27. The van der Waals surface area contributed by atoms with Crippen LogP contribution < -0.4 is 0 Å². The van der Waals surface area contributed by atoms with Gasteiger partial charge < -0.3 is 14.4 Å². The van der Waals surface area contributed by atoms with Crippen molar-refractivity contribution < 1.29 is 19.1 Å². The second-order valence-corrected chi connectivity index (χ2v) is 9.34. The molecule has 6 heteroatoms. The number of carbonyl (C=O) groups is 3. The first-order valence-electron chi connectivity index (χ1n) is 11.8. The topological polar surface area (TPSA) is 66.9 Å². The predicted molar refractivity (Wildman–Crippen MR) is 120 cm³/mol. The minimum atomic E-state index is 0.109. The van der Waals surface area contributed by atoms with E-state index < -0.39 is 0 Å². The first-order valence-corrected chi connectivity index (χ1v) is 11.8. The average molecular weight is 425 g/mol. The van der Waals surface area contributed by atoms with Gasteiger partial charge in [0.1, 0.15) is 18.7 Å². The fourth-order valence-corrected chi connectivity index (χ4v) is 4.00. The van der Waals surface area contributed by atoms with E-state index in [0.29, 0.717) is 18.7 Å². The van der Waals surface area contributed by atoms with Gasteiger partial charge in [0, 0.05) is 25.4 Å². The maximum absolute atomic E-state index is 12.1. The van der Waals surface area contributed by atoms with Crippen molar-refractivity contribution in [3.05, 3.63) is 0 Å². The molecule has 2 saturated heterocycles. The summed E-state index contributed by atoms with van der Waals surface area (Å²) in [5.41, 5.74) is 0. The van der Waals surface area contributed by atoms with Crippen molar-refractivity contribution in [1.29, 1.82) is 0 Å². The standard InChI is InChI=1S/C21H38N2O3.C3H6O/c1-16(2)20(24)14-22-9-5-18(6-10-22)13-19-7-11-23(12-8-19)21(25)15-26-17(3)4;1-2-3-4/h16-19H,5-15H2,1-4H3;3H,2H2,1H3. The molecule has 2 fully saturated rings. The van der Waals surface area contributed by atoms with E-state index in [9.17, 15) is 14.4 Å². The van der Waals surface area contributed by atoms with Crippen LogP contribution in [-0.4, -0.2) is 73.2 Å². The van der Waals surface area contributed by atoms with E-state index in [1.165, 1.54) is 19.3 Å². The smallest absolute Gasteiger partial charge is 0.248 e. The van der Waals surface area contributed by atoms with Crippen LogP contribution in [0.2, 0.25) is 0 Å². The largest absolute Gasteiger partial charge is 0.369 e. The van der Waals surface area contributed by atoms with E-state index in [0.717, 1.165) is 57.1 Å². The highest BCUT2D eigenvalue weighted by Crippen LogP contribution is 2.30. The lowest BCUT2D eigenvalue weighted by molar-refractivity contribution is -0.139. The van der Waals surface area contributed by atoms with E-state index in [1.807, 2.05) is 39.5 Å². The van der Waals surface area contributed by atoms with E-state index in [4.69, 9.17) is 4.74 Å². The van der Waals surface area contributed by atoms with Crippen LogP contribution >= 0.6 is 0 Å². The maximum Gasteiger partial charge on any atom is 0.248 e. The summed E-state index contributed by atoms with van der Waals surface area (Å²) in [6, 6.07) is 0. The molecule has 0 saturated carbocycles. The zero-order chi connectivity index (χ0) is 22.5. The molecule has 0 aromatic carbocycles. The molecule has 0 unspecified atom stereocenters. The molecule has 2 heterocycles. The summed E-state index contributed by atoms with van der Waals surface area (Å²) in [6.45, 7) is 14.4. The summed E-state index contributed by atoms with van der Waals surface area (Å²) in [6.07, 6.45) is 7.59. The number of amides is 1. The van der Waals surface area contributed by atoms with Gasteiger partial charge in [-0.3, -0.25) is 14.5 Å². The van der Waals surface area contributed by atoms with E-state index in [1.54, 1.807) is 0 Å². The highest BCUT2D eigenvalue weighted by atomic mass is 16.5. The Morgan fingerprint density at radius 2 is 1.47 bits per heavy atom. The molecule has 2 aliphatic rings. The van der Waals surface area contributed by atoms with Gasteiger partial charge in [-0.25, -0.2) is 0 Å². The number of aldehydes is 1. The molecule has 30 heavy (non-hydrogen) atoms. The van der Waals surface area contributed by atoms with Crippen LogP contribution in [0.25, 0.3) is 0 Å². The fraction of sp³-hybridized carbons (Fsp3) is 0.875. The van der Waals surface area contributed by atoms with E-state index in [-0.39, 0.29) is 24.5 Å². The number of hydrogen-bond acceptors (Lipinski definition) is 5. The molecule has 0 bridgehead atoms. The number of carbonyl (C=O) groups excluding carboxylic acids is 3. The van der Waals surface area contributed by atoms with Gasteiger partial charge in [-0.05, 0) is 70.9 Å². The van der Waals surface area contributed by atoms with Crippen LogP contribution in [0.5, 0.6) is 0 Å². The number of hydrogen-bond donors (Lipinski definition) is 0. The summed E-state index contributed by atoms with van der Waals surface area (Å²) < 4.78 is 5.44. The molecule has 0 aromatic rings. The van der Waals surface area contributed by atoms with E-state index >= 15 is 0 Å². The van der Waals surface area contributed by atoms with Gasteiger partial charge in [0.05, 0.1) is 12.6 Å². The molecule has 6 nitrogen and oxygen atoms in total. The molecule has 0 aliphatic carbocycles. The zero-order valence-corrected chi connectivity index (χ0v) is 19.9. The van der Waals surface area contributed by atoms with Crippen molar-refractivity contribution in [3.8, 4) is 0 Å². The molecule has 0 spiro atoms. The summed E-state index contributed by atoms with van der Waals surface area (Å²) in [5, 5.41) is 0. The van der Waals surface area contributed by atoms with Crippen LogP contribution in [0, 0.1) is 17.8 Å². The second kappa shape index (κ2) is 14.7.